The van der Waals surface area contributed by atoms with Crippen molar-refractivity contribution < 1.29 is 9.59 Å². The summed E-state index contributed by atoms with van der Waals surface area (Å²) in [4.78, 5) is 33.9. The van der Waals surface area contributed by atoms with E-state index in [9.17, 15) is 14.5 Å². The Morgan fingerprint density at radius 1 is 1.17 bits per heavy atom. The van der Waals surface area contributed by atoms with Gasteiger partial charge in [0.1, 0.15) is 5.69 Å². The molecule has 0 bridgehead atoms. The molecule has 132 valence electrons. The van der Waals surface area contributed by atoms with Gasteiger partial charge in [0.05, 0.1) is 12.6 Å². The summed E-state index contributed by atoms with van der Waals surface area (Å²) in [5, 5.41) is 8.03. The monoisotopic (exact) mass is 334 g/mol. The summed E-state index contributed by atoms with van der Waals surface area (Å²) >= 11 is 0. The Labute approximate surface area is 142 Å². The van der Waals surface area contributed by atoms with Crippen molar-refractivity contribution in [2.24, 2.45) is 16.3 Å². The molecule has 0 aliphatic rings. The normalized spacial score (nSPS) is 12.3. The lowest BCUT2D eigenvalue weighted by Gasteiger charge is -2.20. The Kier molecular flexibility index (Phi) is 7.51. The molecule has 0 aliphatic heterocycles. The minimum atomic E-state index is -0.611. The molecule has 7 heteroatoms. The molecule has 0 spiro atoms. The SMILES string of the molecule is CC(C)(C)CC[C@@H](N)C(=O)NCC(=O)NCc1ccc(N=O)cc1. The van der Waals surface area contributed by atoms with E-state index in [0.717, 1.165) is 12.0 Å². The first-order valence-corrected chi connectivity index (χ1v) is 7.93. The maximum absolute atomic E-state index is 11.9. The molecule has 0 radical (unpaired) electrons. The number of carbonyl (C=O) groups excluding carboxylic acids is 2. The lowest BCUT2D eigenvalue weighted by molar-refractivity contribution is -0.127. The Hall–Kier alpha value is -2.28. The molecule has 24 heavy (non-hydrogen) atoms. The lowest BCUT2D eigenvalue weighted by atomic mass is 9.89. The van der Waals surface area contributed by atoms with Gasteiger partial charge in [0.25, 0.3) is 0 Å². The van der Waals surface area contributed by atoms with Gasteiger partial charge >= 0.3 is 0 Å². The van der Waals surface area contributed by atoms with Crippen LogP contribution in [0.25, 0.3) is 0 Å². The molecule has 1 aromatic rings. The fraction of sp³-hybridized carbons (Fsp3) is 0.529. The third-order valence-corrected chi connectivity index (χ3v) is 3.50. The minimum absolute atomic E-state index is 0.115. The highest BCUT2D eigenvalue weighted by Crippen LogP contribution is 2.21. The van der Waals surface area contributed by atoms with E-state index in [-0.39, 0.29) is 23.8 Å². The molecule has 4 N–H and O–H groups in total. The summed E-state index contributed by atoms with van der Waals surface area (Å²) in [6.07, 6.45) is 1.41. The van der Waals surface area contributed by atoms with Gasteiger partial charge in [-0.15, -0.1) is 4.91 Å². The zero-order valence-corrected chi connectivity index (χ0v) is 14.5. The molecule has 0 fully saturated rings. The van der Waals surface area contributed by atoms with Gasteiger partial charge in [-0.05, 0) is 41.1 Å². The summed E-state index contributed by atoms with van der Waals surface area (Å²) < 4.78 is 0. The number of nitroso groups, excluding NO2 is 1. The summed E-state index contributed by atoms with van der Waals surface area (Å²) in [7, 11) is 0. The molecular weight excluding hydrogens is 308 g/mol. The standard InChI is InChI=1S/C17H26N4O3/c1-17(2,3)9-8-14(18)16(23)20-11-15(22)19-10-12-4-6-13(21-24)7-5-12/h4-7,14H,8-11,18H2,1-3H3,(H,19,22)(H,20,23)/t14-/m1/s1. The second-order valence-corrected chi connectivity index (χ2v) is 6.96. The van der Waals surface area contributed by atoms with Crippen molar-refractivity contribution in [3.05, 3.63) is 34.7 Å². The van der Waals surface area contributed by atoms with Crippen LogP contribution in [0.3, 0.4) is 0 Å². The number of benzene rings is 1. The maximum atomic E-state index is 11.9. The summed E-state index contributed by atoms with van der Waals surface area (Å²) in [6, 6.07) is 5.95. The molecule has 1 rings (SSSR count). The van der Waals surface area contributed by atoms with E-state index in [2.05, 4.69) is 36.6 Å². The van der Waals surface area contributed by atoms with E-state index in [1.807, 2.05) is 0 Å². The van der Waals surface area contributed by atoms with Gasteiger partial charge in [-0.3, -0.25) is 9.59 Å². The Bertz CT molecular complexity index is 564. The van der Waals surface area contributed by atoms with Crippen LogP contribution in [0, 0.1) is 10.3 Å². The highest BCUT2D eigenvalue weighted by atomic mass is 16.3. The molecule has 1 aromatic carbocycles. The largest absolute Gasteiger partial charge is 0.350 e. The van der Waals surface area contributed by atoms with Crippen molar-refractivity contribution in [3.63, 3.8) is 0 Å². The van der Waals surface area contributed by atoms with Gasteiger partial charge < -0.3 is 16.4 Å². The van der Waals surface area contributed by atoms with Gasteiger partial charge in [-0.2, -0.15) is 0 Å². The van der Waals surface area contributed by atoms with Crippen molar-refractivity contribution in [1.29, 1.82) is 0 Å². The van der Waals surface area contributed by atoms with Crippen molar-refractivity contribution in [3.8, 4) is 0 Å². The highest BCUT2D eigenvalue weighted by Gasteiger charge is 2.18. The van der Waals surface area contributed by atoms with Crippen molar-refractivity contribution >= 4 is 17.5 Å². The smallest absolute Gasteiger partial charge is 0.239 e. The molecule has 0 aromatic heterocycles. The van der Waals surface area contributed by atoms with Crippen LogP contribution in [0.15, 0.2) is 29.4 Å². The number of rotatable bonds is 8. The zero-order valence-electron chi connectivity index (χ0n) is 14.5. The first kappa shape index (κ1) is 19.8. The second-order valence-electron chi connectivity index (χ2n) is 6.96. The van der Waals surface area contributed by atoms with E-state index in [0.29, 0.717) is 18.7 Å². The molecule has 0 unspecified atom stereocenters. The molecule has 1 atom stereocenters. The number of nitrogens with one attached hydrogen (secondary N) is 2. The number of carbonyl (C=O) groups is 2. The first-order valence-electron chi connectivity index (χ1n) is 7.93. The van der Waals surface area contributed by atoms with Crippen LogP contribution in [-0.2, 0) is 16.1 Å². The van der Waals surface area contributed by atoms with Crippen LogP contribution < -0.4 is 16.4 Å². The lowest BCUT2D eigenvalue weighted by Crippen LogP contribution is -2.45. The summed E-state index contributed by atoms with van der Waals surface area (Å²) in [5.41, 5.74) is 7.11. The van der Waals surface area contributed by atoms with E-state index < -0.39 is 6.04 Å². The Balaban J connectivity index is 2.29. The van der Waals surface area contributed by atoms with E-state index >= 15 is 0 Å². The number of amides is 2. The van der Waals surface area contributed by atoms with Crippen molar-refractivity contribution in [2.75, 3.05) is 6.54 Å². The molecule has 0 aliphatic carbocycles. The van der Waals surface area contributed by atoms with Gasteiger partial charge in [-0.1, -0.05) is 32.9 Å². The highest BCUT2D eigenvalue weighted by molar-refractivity contribution is 5.87. The molecule has 7 nitrogen and oxygen atoms in total. The van der Waals surface area contributed by atoms with Gasteiger partial charge in [0, 0.05) is 6.54 Å². The Morgan fingerprint density at radius 3 is 2.33 bits per heavy atom. The third-order valence-electron chi connectivity index (χ3n) is 3.50. The van der Waals surface area contributed by atoms with Crippen LogP contribution in [0.2, 0.25) is 0 Å². The number of hydrogen-bond acceptors (Lipinski definition) is 5. The average Bonchev–Trinajstić information content (AvgIpc) is 2.55. The van der Waals surface area contributed by atoms with Gasteiger partial charge in [0.2, 0.25) is 11.8 Å². The van der Waals surface area contributed by atoms with Crippen molar-refractivity contribution in [2.45, 2.75) is 46.2 Å². The number of nitrogens with two attached hydrogens (primary N) is 1. The van der Waals surface area contributed by atoms with E-state index in [1.54, 1.807) is 24.3 Å². The number of nitrogens with zero attached hydrogens (tertiary/aromatic N) is 1. The fourth-order valence-electron chi connectivity index (χ4n) is 1.96. The summed E-state index contributed by atoms with van der Waals surface area (Å²) in [6.45, 7) is 6.45. The van der Waals surface area contributed by atoms with E-state index in [1.165, 1.54) is 0 Å². The Morgan fingerprint density at radius 2 is 1.79 bits per heavy atom. The topological polar surface area (TPSA) is 114 Å². The van der Waals surface area contributed by atoms with Crippen LogP contribution >= 0.6 is 0 Å². The van der Waals surface area contributed by atoms with Crippen LogP contribution in [0.5, 0.6) is 0 Å². The molecule has 0 saturated carbocycles. The van der Waals surface area contributed by atoms with Crippen LogP contribution in [0.1, 0.15) is 39.2 Å². The van der Waals surface area contributed by atoms with Gasteiger partial charge in [0.15, 0.2) is 0 Å². The van der Waals surface area contributed by atoms with Crippen LogP contribution in [0.4, 0.5) is 5.69 Å². The predicted molar refractivity (Wildman–Crippen MR) is 93.4 cm³/mol. The summed E-state index contributed by atoms with van der Waals surface area (Å²) in [5.74, 6) is -0.625. The molecular formula is C17H26N4O3. The average molecular weight is 334 g/mol. The van der Waals surface area contributed by atoms with Crippen LogP contribution in [-0.4, -0.2) is 24.4 Å². The minimum Gasteiger partial charge on any atom is -0.350 e. The first-order chi connectivity index (χ1) is 11.2. The third kappa shape index (κ3) is 7.82. The quantitative estimate of drug-likeness (QED) is 0.631. The maximum Gasteiger partial charge on any atom is 0.239 e. The molecule has 0 saturated heterocycles. The molecule has 0 heterocycles. The number of hydrogen-bond donors (Lipinski definition) is 3. The van der Waals surface area contributed by atoms with Gasteiger partial charge in [-0.25, -0.2) is 0 Å². The van der Waals surface area contributed by atoms with Crippen molar-refractivity contribution in [1.82, 2.24) is 10.6 Å². The van der Waals surface area contributed by atoms with E-state index in [4.69, 9.17) is 5.73 Å². The predicted octanol–water partition coefficient (Wildman–Crippen LogP) is 1.97. The fourth-order valence-corrected chi connectivity index (χ4v) is 1.96. The second kappa shape index (κ2) is 9.12. The molecule has 2 amide bonds. The zero-order chi connectivity index (χ0) is 18.2.